The zero-order chi connectivity index (χ0) is 20.9. The Bertz CT molecular complexity index is 1280. The fourth-order valence-corrected chi connectivity index (χ4v) is 3.92. The summed E-state index contributed by atoms with van der Waals surface area (Å²) < 4.78 is 0. The van der Waals surface area contributed by atoms with E-state index in [1.54, 1.807) is 0 Å². The van der Waals surface area contributed by atoms with Crippen LogP contribution in [0.2, 0.25) is 0 Å². The van der Waals surface area contributed by atoms with Crippen LogP contribution in [0.5, 0.6) is 0 Å². The normalized spacial score (nSPS) is 10.6. The van der Waals surface area contributed by atoms with Gasteiger partial charge >= 0.3 is 0 Å². The summed E-state index contributed by atoms with van der Waals surface area (Å²) in [5.41, 5.74) is 9.48. The lowest BCUT2D eigenvalue weighted by Crippen LogP contribution is -1.93. The van der Waals surface area contributed by atoms with Gasteiger partial charge in [0.15, 0.2) is 0 Å². The molecule has 1 N–H and O–H groups in total. The average Bonchev–Trinajstić information content (AvgIpc) is 2.86. The summed E-state index contributed by atoms with van der Waals surface area (Å²) in [4.78, 5) is 0. The van der Waals surface area contributed by atoms with Crippen molar-refractivity contribution < 1.29 is 0 Å². The molecule has 0 amide bonds. The lowest BCUT2D eigenvalue weighted by atomic mass is 9.92. The summed E-state index contributed by atoms with van der Waals surface area (Å²) in [5.74, 6) is 0. The Morgan fingerprint density at radius 1 is 0.323 bits per heavy atom. The molecule has 0 unspecified atom stereocenters. The molecular weight excluding hydrogens is 374 g/mol. The van der Waals surface area contributed by atoms with Crippen LogP contribution in [0.1, 0.15) is 0 Å². The number of benzene rings is 5. The van der Waals surface area contributed by atoms with E-state index in [-0.39, 0.29) is 0 Å². The lowest BCUT2D eigenvalue weighted by Gasteiger charge is -2.15. The molecule has 5 aromatic rings. The van der Waals surface area contributed by atoms with Crippen molar-refractivity contribution in [1.82, 2.24) is 0 Å². The highest BCUT2D eigenvalue weighted by Gasteiger charge is 2.10. The molecule has 1 nitrogen and oxygen atoms in total. The molecule has 0 radical (unpaired) electrons. The van der Waals surface area contributed by atoms with Crippen molar-refractivity contribution in [1.29, 1.82) is 0 Å². The highest BCUT2D eigenvalue weighted by Crippen LogP contribution is 2.36. The molecule has 0 saturated heterocycles. The van der Waals surface area contributed by atoms with Gasteiger partial charge in [-0.05, 0) is 63.7 Å². The lowest BCUT2D eigenvalue weighted by molar-refractivity contribution is 1.52. The van der Waals surface area contributed by atoms with Gasteiger partial charge in [0, 0.05) is 11.4 Å². The van der Waals surface area contributed by atoms with Crippen LogP contribution in [0.4, 0.5) is 11.4 Å². The van der Waals surface area contributed by atoms with Gasteiger partial charge in [0.1, 0.15) is 0 Å². The van der Waals surface area contributed by atoms with E-state index >= 15 is 0 Å². The van der Waals surface area contributed by atoms with Gasteiger partial charge in [-0.25, -0.2) is 0 Å². The van der Waals surface area contributed by atoms with Crippen LogP contribution in [0.3, 0.4) is 0 Å². The third-order valence-corrected chi connectivity index (χ3v) is 5.45. The van der Waals surface area contributed by atoms with Gasteiger partial charge in [-0.15, -0.1) is 0 Å². The number of para-hydroxylation sites is 1. The number of anilines is 2. The standard InChI is InChI=1S/C30H23N/c1-4-11-23(12-5-1)25-15-10-16-26(21-25)29-20-19-28(31-27-17-8-3-9-18-27)22-30(29)24-13-6-2-7-14-24/h1-22,31H. The van der Waals surface area contributed by atoms with Crippen molar-refractivity contribution in [2.45, 2.75) is 0 Å². The van der Waals surface area contributed by atoms with Crippen LogP contribution >= 0.6 is 0 Å². The highest BCUT2D eigenvalue weighted by molar-refractivity contribution is 5.87. The minimum Gasteiger partial charge on any atom is -0.356 e. The first kappa shape index (κ1) is 18.9. The molecule has 5 rings (SSSR count). The molecular formula is C30H23N. The van der Waals surface area contributed by atoms with Crippen LogP contribution in [0.15, 0.2) is 133 Å². The summed E-state index contributed by atoms with van der Waals surface area (Å²) >= 11 is 0. The van der Waals surface area contributed by atoms with Gasteiger partial charge in [0.25, 0.3) is 0 Å². The first-order valence-electron chi connectivity index (χ1n) is 10.5. The van der Waals surface area contributed by atoms with Crippen LogP contribution in [0, 0.1) is 0 Å². The maximum Gasteiger partial charge on any atom is 0.0390 e. The Hall–Kier alpha value is -4.10. The fourth-order valence-electron chi connectivity index (χ4n) is 3.92. The van der Waals surface area contributed by atoms with Crippen molar-refractivity contribution in [2.75, 3.05) is 5.32 Å². The molecule has 0 fully saturated rings. The van der Waals surface area contributed by atoms with Crippen LogP contribution in [0.25, 0.3) is 33.4 Å². The number of hydrogen-bond acceptors (Lipinski definition) is 1. The van der Waals surface area contributed by atoms with Crippen LogP contribution in [-0.4, -0.2) is 0 Å². The molecule has 0 aliphatic rings. The van der Waals surface area contributed by atoms with Crippen molar-refractivity contribution in [3.8, 4) is 33.4 Å². The molecule has 148 valence electrons. The highest BCUT2D eigenvalue weighted by atomic mass is 14.9. The molecule has 31 heavy (non-hydrogen) atoms. The zero-order valence-corrected chi connectivity index (χ0v) is 17.2. The van der Waals surface area contributed by atoms with Crippen LogP contribution in [-0.2, 0) is 0 Å². The smallest absolute Gasteiger partial charge is 0.0390 e. The summed E-state index contributed by atoms with van der Waals surface area (Å²) in [6.45, 7) is 0. The predicted molar refractivity (Wildman–Crippen MR) is 132 cm³/mol. The predicted octanol–water partition coefficient (Wildman–Crippen LogP) is 8.43. The maximum atomic E-state index is 3.53. The molecule has 5 aromatic carbocycles. The SMILES string of the molecule is c1ccc(Nc2ccc(-c3cccc(-c4ccccc4)c3)c(-c3ccccc3)c2)cc1. The topological polar surface area (TPSA) is 12.0 Å². The van der Waals surface area contributed by atoms with E-state index in [2.05, 4.69) is 121 Å². The summed E-state index contributed by atoms with van der Waals surface area (Å²) in [6.07, 6.45) is 0. The second-order valence-electron chi connectivity index (χ2n) is 7.56. The Balaban J connectivity index is 1.60. The molecule has 0 bridgehead atoms. The summed E-state index contributed by atoms with van der Waals surface area (Å²) in [7, 11) is 0. The first-order valence-corrected chi connectivity index (χ1v) is 10.5. The minimum atomic E-state index is 1.08. The van der Waals surface area contributed by atoms with E-state index in [0.29, 0.717) is 0 Å². The fraction of sp³-hybridized carbons (Fsp3) is 0. The van der Waals surface area contributed by atoms with E-state index in [1.807, 2.05) is 18.2 Å². The van der Waals surface area contributed by atoms with E-state index in [1.165, 1.54) is 33.4 Å². The first-order chi connectivity index (χ1) is 15.4. The molecule has 0 aromatic heterocycles. The Morgan fingerprint density at radius 2 is 0.903 bits per heavy atom. The molecule has 1 heteroatoms. The zero-order valence-electron chi connectivity index (χ0n) is 17.2. The number of rotatable bonds is 5. The summed E-state index contributed by atoms with van der Waals surface area (Å²) in [6, 6.07) is 46.8. The van der Waals surface area contributed by atoms with Gasteiger partial charge in [0.2, 0.25) is 0 Å². The molecule has 0 aliphatic heterocycles. The number of hydrogen-bond donors (Lipinski definition) is 1. The minimum absolute atomic E-state index is 1.08. The third kappa shape index (κ3) is 4.26. The number of nitrogens with one attached hydrogen (secondary N) is 1. The van der Waals surface area contributed by atoms with Crippen LogP contribution < -0.4 is 5.32 Å². The molecule has 0 atom stereocenters. The van der Waals surface area contributed by atoms with Crippen molar-refractivity contribution in [3.63, 3.8) is 0 Å². The largest absolute Gasteiger partial charge is 0.356 e. The quantitative estimate of drug-likeness (QED) is 0.314. The maximum absolute atomic E-state index is 3.53. The van der Waals surface area contributed by atoms with E-state index < -0.39 is 0 Å². The van der Waals surface area contributed by atoms with Crippen molar-refractivity contribution >= 4 is 11.4 Å². The monoisotopic (exact) mass is 397 g/mol. The molecule has 0 aliphatic carbocycles. The Kier molecular flexibility index (Phi) is 5.32. The van der Waals surface area contributed by atoms with Crippen molar-refractivity contribution in [2.24, 2.45) is 0 Å². The van der Waals surface area contributed by atoms with E-state index in [4.69, 9.17) is 0 Å². The second kappa shape index (κ2) is 8.73. The van der Waals surface area contributed by atoms with E-state index in [0.717, 1.165) is 11.4 Å². The van der Waals surface area contributed by atoms with Gasteiger partial charge < -0.3 is 5.32 Å². The third-order valence-electron chi connectivity index (χ3n) is 5.45. The Morgan fingerprint density at radius 3 is 1.61 bits per heavy atom. The molecule has 0 spiro atoms. The summed E-state index contributed by atoms with van der Waals surface area (Å²) in [5, 5.41) is 3.53. The van der Waals surface area contributed by atoms with Gasteiger partial charge in [-0.1, -0.05) is 103 Å². The van der Waals surface area contributed by atoms with Crippen molar-refractivity contribution in [3.05, 3.63) is 133 Å². The van der Waals surface area contributed by atoms with E-state index in [9.17, 15) is 0 Å². The molecule has 0 saturated carbocycles. The van der Waals surface area contributed by atoms with Gasteiger partial charge in [-0.2, -0.15) is 0 Å². The Labute approximate surface area is 183 Å². The van der Waals surface area contributed by atoms with Gasteiger partial charge in [-0.3, -0.25) is 0 Å². The van der Waals surface area contributed by atoms with Gasteiger partial charge in [0.05, 0.1) is 0 Å². The average molecular weight is 398 g/mol. The second-order valence-corrected chi connectivity index (χ2v) is 7.56. The molecule has 0 heterocycles.